The summed E-state index contributed by atoms with van der Waals surface area (Å²) in [6, 6.07) is 10.7. The number of quaternary nitrogens is 1. The molecular weight excluding hydrogens is 394 g/mol. The molecule has 3 heterocycles. The minimum Gasteiger partial charge on any atom is -0.414 e. The van der Waals surface area contributed by atoms with Gasteiger partial charge in [0.15, 0.2) is 16.5 Å². The van der Waals surface area contributed by atoms with Crippen molar-refractivity contribution in [2.45, 2.75) is 38.8 Å². The molecule has 1 aromatic carbocycles. The van der Waals surface area contributed by atoms with Gasteiger partial charge in [-0.1, -0.05) is 30.3 Å². The Labute approximate surface area is 171 Å². The minimum atomic E-state index is -2.88. The quantitative estimate of drug-likeness (QED) is 0.718. The van der Waals surface area contributed by atoms with Crippen molar-refractivity contribution in [1.29, 1.82) is 0 Å². The van der Waals surface area contributed by atoms with Gasteiger partial charge in [-0.15, -0.1) is 5.10 Å². The number of benzene rings is 1. The van der Waals surface area contributed by atoms with E-state index in [9.17, 15) is 8.42 Å². The standard InChI is InChI=1S/C20H27N3O3S2/c24-28(25)11-8-18(14-28)13-19-21-23(20(27)26-19)15-22-9-6-17(7-10-22)12-16-4-2-1-3-5-16/h1-5,17-18H,6-15H2/p+1/t18-/m1/s1. The molecule has 0 bridgehead atoms. The molecule has 0 unspecified atom stereocenters. The molecule has 0 amide bonds. The summed E-state index contributed by atoms with van der Waals surface area (Å²) >= 11 is 5.34. The number of rotatable bonds is 6. The van der Waals surface area contributed by atoms with Gasteiger partial charge in [0.25, 0.3) is 4.84 Å². The second kappa shape index (κ2) is 8.47. The third kappa shape index (κ3) is 5.10. The Kier molecular flexibility index (Phi) is 5.99. The highest BCUT2D eigenvalue weighted by atomic mass is 32.2. The molecule has 1 N–H and O–H groups in total. The van der Waals surface area contributed by atoms with Crippen LogP contribution in [0, 0.1) is 16.7 Å². The fourth-order valence-corrected chi connectivity index (χ4v) is 6.48. The molecule has 6 nitrogen and oxygen atoms in total. The summed E-state index contributed by atoms with van der Waals surface area (Å²) in [6.45, 7) is 2.95. The lowest BCUT2D eigenvalue weighted by Crippen LogP contribution is -3.12. The number of sulfone groups is 1. The van der Waals surface area contributed by atoms with Gasteiger partial charge in [-0.05, 0) is 55.3 Å². The van der Waals surface area contributed by atoms with Gasteiger partial charge in [-0.25, -0.2) is 8.42 Å². The molecule has 0 aliphatic carbocycles. The second-order valence-corrected chi connectivity index (χ2v) is 10.9. The van der Waals surface area contributed by atoms with E-state index in [0.717, 1.165) is 32.1 Å². The average Bonchev–Trinajstić information content (AvgIpc) is 3.19. The Balaban J connectivity index is 1.28. The highest BCUT2D eigenvalue weighted by Gasteiger charge is 2.29. The number of hydrogen-bond donors (Lipinski definition) is 1. The molecule has 2 aliphatic heterocycles. The maximum Gasteiger partial charge on any atom is 0.291 e. The Morgan fingerprint density at radius 2 is 1.86 bits per heavy atom. The van der Waals surface area contributed by atoms with Gasteiger partial charge < -0.3 is 9.32 Å². The monoisotopic (exact) mass is 422 g/mol. The van der Waals surface area contributed by atoms with Gasteiger partial charge >= 0.3 is 0 Å². The van der Waals surface area contributed by atoms with Crippen LogP contribution in [-0.4, -0.2) is 42.8 Å². The van der Waals surface area contributed by atoms with Crippen molar-refractivity contribution in [1.82, 2.24) is 9.78 Å². The molecule has 0 spiro atoms. The van der Waals surface area contributed by atoms with E-state index in [1.54, 1.807) is 4.68 Å². The highest BCUT2D eigenvalue weighted by Crippen LogP contribution is 2.22. The van der Waals surface area contributed by atoms with Crippen molar-refractivity contribution in [2.24, 2.45) is 11.8 Å². The molecular formula is C20H28N3O3S2+. The van der Waals surface area contributed by atoms with Crippen molar-refractivity contribution < 1.29 is 17.7 Å². The SMILES string of the molecule is O=S1(=O)CC[C@H](Cc2nn(C[NH+]3CCC(Cc4ccccc4)CC3)c(=S)o2)C1. The molecule has 1 aromatic heterocycles. The van der Waals surface area contributed by atoms with Crippen molar-refractivity contribution >= 4 is 22.1 Å². The van der Waals surface area contributed by atoms with E-state index in [2.05, 4.69) is 35.4 Å². The van der Waals surface area contributed by atoms with E-state index in [4.69, 9.17) is 16.6 Å². The van der Waals surface area contributed by atoms with Crippen LogP contribution in [0.25, 0.3) is 0 Å². The van der Waals surface area contributed by atoms with Gasteiger partial charge in [0.05, 0.1) is 24.6 Å². The Bertz CT molecular complexity index is 945. The number of nitrogens with zero attached hydrogens (tertiary/aromatic N) is 2. The van der Waals surface area contributed by atoms with Crippen LogP contribution in [0.1, 0.15) is 30.7 Å². The molecule has 2 fully saturated rings. The Morgan fingerprint density at radius 3 is 2.54 bits per heavy atom. The van der Waals surface area contributed by atoms with E-state index in [-0.39, 0.29) is 17.4 Å². The summed E-state index contributed by atoms with van der Waals surface area (Å²) in [4.78, 5) is 1.87. The van der Waals surface area contributed by atoms with E-state index < -0.39 is 9.84 Å². The fourth-order valence-electron chi connectivity index (χ4n) is 4.42. The van der Waals surface area contributed by atoms with Crippen LogP contribution >= 0.6 is 12.2 Å². The predicted octanol–water partition coefficient (Wildman–Crippen LogP) is 1.68. The molecule has 1 atom stereocenters. The first kappa shape index (κ1) is 19.8. The van der Waals surface area contributed by atoms with E-state index in [1.165, 1.54) is 23.3 Å². The van der Waals surface area contributed by atoms with Crippen LogP contribution in [0.5, 0.6) is 0 Å². The zero-order valence-electron chi connectivity index (χ0n) is 16.0. The maximum atomic E-state index is 11.6. The zero-order valence-corrected chi connectivity index (χ0v) is 17.7. The summed E-state index contributed by atoms with van der Waals surface area (Å²) in [7, 11) is -2.88. The molecule has 8 heteroatoms. The van der Waals surface area contributed by atoms with E-state index >= 15 is 0 Å². The molecule has 2 aliphatic rings. The first-order valence-electron chi connectivity index (χ1n) is 10.1. The van der Waals surface area contributed by atoms with E-state index in [1.807, 2.05) is 0 Å². The van der Waals surface area contributed by atoms with Gasteiger partial charge in [-0.3, -0.25) is 0 Å². The Hall–Kier alpha value is -1.51. The first-order chi connectivity index (χ1) is 13.5. The maximum absolute atomic E-state index is 11.6. The van der Waals surface area contributed by atoms with Gasteiger partial charge in [0, 0.05) is 6.42 Å². The number of hydrogen-bond acceptors (Lipinski definition) is 5. The Morgan fingerprint density at radius 1 is 1.11 bits per heavy atom. The van der Waals surface area contributed by atoms with Gasteiger partial charge in [0.2, 0.25) is 5.89 Å². The molecule has 0 saturated carbocycles. The average molecular weight is 423 g/mol. The smallest absolute Gasteiger partial charge is 0.291 e. The topological polar surface area (TPSA) is 69.5 Å². The zero-order chi connectivity index (χ0) is 19.6. The number of likely N-dealkylation sites (tertiary alicyclic amines) is 1. The van der Waals surface area contributed by atoms with Crippen LogP contribution < -0.4 is 4.90 Å². The first-order valence-corrected chi connectivity index (χ1v) is 12.3. The summed E-state index contributed by atoms with van der Waals surface area (Å²) in [5, 5.41) is 4.53. The molecule has 4 rings (SSSR count). The lowest BCUT2D eigenvalue weighted by Gasteiger charge is -2.28. The number of piperidine rings is 1. The molecule has 2 aromatic rings. The van der Waals surface area contributed by atoms with Crippen LogP contribution in [0.3, 0.4) is 0 Å². The van der Waals surface area contributed by atoms with Crippen LogP contribution in [-0.2, 0) is 29.3 Å². The third-order valence-corrected chi connectivity index (χ3v) is 8.12. The largest absolute Gasteiger partial charge is 0.414 e. The lowest BCUT2D eigenvalue weighted by atomic mass is 9.90. The summed E-state index contributed by atoms with van der Waals surface area (Å²) in [5.41, 5.74) is 1.42. The summed E-state index contributed by atoms with van der Waals surface area (Å²) in [5.74, 6) is 1.94. The normalized spacial score (nSPS) is 27.1. The molecule has 0 radical (unpaired) electrons. The van der Waals surface area contributed by atoms with Crippen molar-refractivity contribution in [3.8, 4) is 0 Å². The molecule has 2 saturated heterocycles. The summed E-state index contributed by atoms with van der Waals surface area (Å²) < 4.78 is 30.7. The van der Waals surface area contributed by atoms with Crippen molar-refractivity contribution in [3.63, 3.8) is 0 Å². The second-order valence-electron chi connectivity index (χ2n) is 8.28. The highest BCUT2D eigenvalue weighted by molar-refractivity contribution is 7.91. The van der Waals surface area contributed by atoms with Crippen molar-refractivity contribution in [3.05, 3.63) is 46.6 Å². The lowest BCUT2D eigenvalue weighted by molar-refractivity contribution is -0.929. The fraction of sp³-hybridized carbons (Fsp3) is 0.600. The van der Waals surface area contributed by atoms with Crippen LogP contribution in [0.2, 0.25) is 0 Å². The van der Waals surface area contributed by atoms with E-state index in [0.29, 0.717) is 23.6 Å². The third-order valence-electron chi connectivity index (χ3n) is 5.99. The van der Waals surface area contributed by atoms with Crippen molar-refractivity contribution in [2.75, 3.05) is 24.6 Å². The van der Waals surface area contributed by atoms with Gasteiger partial charge in [0.1, 0.15) is 0 Å². The number of nitrogens with one attached hydrogen (secondary N) is 1. The van der Waals surface area contributed by atoms with Crippen LogP contribution in [0.4, 0.5) is 0 Å². The minimum absolute atomic E-state index is 0.104. The predicted molar refractivity (Wildman–Crippen MR) is 109 cm³/mol. The summed E-state index contributed by atoms with van der Waals surface area (Å²) in [6.07, 6.45) is 4.83. The number of aromatic nitrogens is 2. The molecule has 28 heavy (non-hydrogen) atoms. The molecule has 152 valence electrons. The van der Waals surface area contributed by atoms with Crippen LogP contribution in [0.15, 0.2) is 34.7 Å². The van der Waals surface area contributed by atoms with Gasteiger partial charge in [-0.2, -0.15) is 4.68 Å².